The molecule has 2 N–H and O–H groups in total. The van der Waals surface area contributed by atoms with Crippen LogP contribution in [-0.4, -0.2) is 6.54 Å². The Morgan fingerprint density at radius 2 is 1.75 bits per heavy atom. The van der Waals surface area contributed by atoms with Crippen LogP contribution in [0.2, 0.25) is 0 Å². The van der Waals surface area contributed by atoms with Gasteiger partial charge in [-0.15, -0.1) is 0 Å². The number of hydrogen-bond acceptors (Lipinski definition) is 3. The van der Waals surface area contributed by atoms with Gasteiger partial charge in [0.15, 0.2) is 0 Å². The lowest BCUT2D eigenvalue weighted by Crippen LogP contribution is -2.19. The maximum Gasteiger partial charge on any atom is 0.136 e. The van der Waals surface area contributed by atoms with E-state index in [2.05, 4.69) is 6.07 Å². The van der Waals surface area contributed by atoms with Gasteiger partial charge in [0.2, 0.25) is 0 Å². The van der Waals surface area contributed by atoms with Crippen molar-refractivity contribution in [3.63, 3.8) is 0 Å². The maximum atomic E-state index is 8.97. The standard InChI is InChI=1S/C17H18N2O/c1-12-8-14(10-18)9-13(2)17(12)20-16(11-19)15-6-4-3-5-7-15/h3-9,16H,11,19H2,1-2H3. The second kappa shape index (κ2) is 6.23. The molecule has 0 radical (unpaired) electrons. The molecule has 3 heteroatoms. The summed E-state index contributed by atoms with van der Waals surface area (Å²) in [4.78, 5) is 0. The molecule has 1 atom stereocenters. The first-order chi connectivity index (χ1) is 9.65. The second-order valence-electron chi connectivity index (χ2n) is 4.80. The fourth-order valence-corrected chi connectivity index (χ4v) is 2.26. The van der Waals surface area contributed by atoms with Crippen molar-refractivity contribution in [2.24, 2.45) is 5.73 Å². The largest absolute Gasteiger partial charge is 0.484 e. The van der Waals surface area contributed by atoms with Crippen LogP contribution in [0.4, 0.5) is 0 Å². The van der Waals surface area contributed by atoms with Gasteiger partial charge in [0, 0.05) is 6.54 Å². The van der Waals surface area contributed by atoms with Gasteiger partial charge in [0.05, 0.1) is 11.6 Å². The molecule has 0 aliphatic heterocycles. The summed E-state index contributed by atoms with van der Waals surface area (Å²) < 4.78 is 6.08. The number of nitrogens with zero attached hydrogens (tertiary/aromatic N) is 1. The van der Waals surface area contributed by atoms with Gasteiger partial charge < -0.3 is 10.5 Å². The molecule has 0 heterocycles. The smallest absolute Gasteiger partial charge is 0.136 e. The van der Waals surface area contributed by atoms with E-state index in [1.807, 2.05) is 56.3 Å². The van der Waals surface area contributed by atoms with E-state index in [1.165, 1.54) is 0 Å². The van der Waals surface area contributed by atoms with Crippen molar-refractivity contribution < 1.29 is 4.74 Å². The zero-order chi connectivity index (χ0) is 14.5. The molecule has 0 aliphatic carbocycles. The summed E-state index contributed by atoms with van der Waals surface area (Å²) in [6.45, 7) is 4.30. The van der Waals surface area contributed by atoms with Gasteiger partial charge in [0.1, 0.15) is 11.9 Å². The maximum absolute atomic E-state index is 8.97. The van der Waals surface area contributed by atoms with E-state index in [1.54, 1.807) is 0 Å². The number of nitrogens with two attached hydrogens (primary N) is 1. The van der Waals surface area contributed by atoms with E-state index < -0.39 is 0 Å². The third-order valence-electron chi connectivity index (χ3n) is 3.23. The number of nitriles is 1. The minimum Gasteiger partial charge on any atom is -0.484 e. The molecule has 20 heavy (non-hydrogen) atoms. The molecule has 2 rings (SSSR count). The molecular formula is C17H18N2O. The summed E-state index contributed by atoms with van der Waals surface area (Å²) in [6, 6.07) is 15.7. The monoisotopic (exact) mass is 266 g/mol. The van der Waals surface area contributed by atoms with Gasteiger partial charge in [-0.25, -0.2) is 0 Å². The molecule has 0 fully saturated rings. The van der Waals surface area contributed by atoms with E-state index >= 15 is 0 Å². The Morgan fingerprint density at radius 3 is 2.25 bits per heavy atom. The van der Waals surface area contributed by atoms with E-state index in [0.29, 0.717) is 12.1 Å². The average molecular weight is 266 g/mol. The van der Waals surface area contributed by atoms with Crippen molar-refractivity contribution >= 4 is 0 Å². The summed E-state index contributed by atoms with van der Waals surface area (Å²) in [6.07, 6.45) is -0.179. The van der Waals surface area contributed by atoms with Crippen LogP contribution in [0.5, 0.6) is 5.75 Å². The summed E-state index contributed by atoms with van der Waals surface area (Å²) >= 11 is 0. The zero-order valence-corrected chi connectivity index (χ0v) is 11.8. The van der Waals surface area contributed by atoms with Gasteiger partial charge in [-0.05, 0) is 42.7 Å². The van der Waals surface area contributed by atoms with Crippen LogP contribution in [-0.2, 0) is 0 Å². The van der Waals surface area contributed by atoms with Crippen molar-refractivity contribution in [3.05, 3.63) is 64.7 Å². The molecule has 0 bridgehead atoms. The van der Waals surface area contributed by atoms with E-state index in [9.17, 15) is 0 Å². The second-order valence-corrected chi connectivity index (χ2v) is 4.80. The minimum absolute atomic E-state index is 0.179. The van der Waals surface area contributed by atoms with Crippen LogP contribution >= 0.6 is 0 Å². The molecule has 0 amide bonds. The van der Waals surface area contributed by atoms with Crippen LogP contribution in [0.3, 0.4) is 0 Å². The van der Waals surface area contributed by atoms with Crippen molar-refractivity contribution in [2.75, 3.05) is 6.54 Å². The first kappa shape index (κ1) is 14.1. The predicted molar refractivity (Wildman–Crippen MR) is 79.5 cm³/mol. The quantitative estimate of drug-likeness (QED) is 0.924. The minimum atomic E-state index is -0.179. The van der Waals surface area contributed by atoms with E-state index in [0.717, 1.165) is 22.4 Å². The normalized spacial score (nSPS) is 11.7. The number of benzene rings is 2. The van der Waals surface area contributed by atoms with Crippen LogP contribution in [0.25, 0.3) is 0 Å². The van der Waals surface area contributed by atoms with Crippen LogP contribution in [0.15, 0.2) is 42.5 Å². The Labute approximate surface area is 119 Å². The highest BCUT2D eigenvalue weighted by atomic mass is 16.5. The summed E-state index contributed by atoms with van der Waals surface area (Å²) in [5, 5.41) is 8.97. The van der Waals surface area contributed by atoms with Crippen LogP contribution < -0.4 is 10.5 Å². The Balaban J connectivity index is 2.32. The molecule has 2 aromatic rings. The lowest BCUT2D eigenvalue weighted by atomic mass is 10.1. The molecule has 102 valence electrons. The zero-order valence-electron chi connectivity index (χ0n) is 11.8. The Hall–Kier alpha value is -2.31. The summed E-state index contributed by atoms with van der Waals surface area (Å²) in [5.41, 5.74) is 9.44. The van der Waals surface area contributed by atoms with Crippen molar-refractivity contribution in [3.8, 4) is 11.8 Å². The van der Waals surface area contributed by atoms with Gasteiger partial charge in [-0.1, -0.05) is 30.3 Å². The van der Waals surface area contributed by atoms with Gasteiger partial charge in [-0.2, -0.15) is 5.26 Å². The van der Waals surface area contributed by atoms with Gasteiger partial charge >= 0.3 is 0 Å². The fraction of sp³-hybridized carbons (Fsp3) is 0.235. The summed E-state index contributed by atoms with van der Waals surface area (Å²) in [5.74, 6) is 0.809. The molecule has 0 aliphatic rings. The topological polar surface area (TPSA) is 59.0 Å². The highest BCUT2D eigenvalue weighted by Gasteiger charge is 2.14. The molecule has 1 unspecified atom stereocenters. The van der Waals surface area contributed by atoms with Gasteiger partial charge in [-0.3, -0.25) is 0 Å². The van der Waals surface area contributed by atoms with Crippen LogP contribution in [0.1, 0.15) is 28.4 Å². The highest BCUT2D eigenvalue weighted by molar-refractivity contribution is 5.47. The number of rotatable bonds is 4. The number of aryl methyl sites for hydroxylation is 2. The Bertz CT molecular complexity index is 606. The predicted octanol–water partition coefficient (Wildman–Crippen LogP) is 3.25. The summed E-state index contributed by atoms with van der Waals surface area (Å²) in [7, 11) is 0. The molecule has 0 saturated carbocycles. The van der Waals surface area contributed by atoms with Gasteiger partial charge in [0.25, 0.3) is 0 Å². The molecule has 0 saturated heterocycles. The number of hydrogen-bond donors (Lipinski definition) is 1. The third kappa shape index (κ3) is 2.98. The van der Waals surface area contributed by atoms with E-state index in [-0.39, 0.29) is 6.10 Å². The first-order valence-electron chi connectivity index (χ1n) is 6.58. The Kier molecular flexibility index (Phi) is 4.39. The molecule has 0 spiro atoms. The average Bonchev–Trinajstić information content (AvgIpc) is 2.47. The van der Waals surface area contributed by atoms with Crippen molar-refractivity contribution in [1.29, 1.82) is 5.26 Å². The lowest BCUT2D eigenvalue weighted by Gasteiger charge is -2.21. The molecular weight excluding hydrogens is 248 g/mol. The number of ether oxygens (including phenoxy) is 1. The first-order valence-corrected chi connectivity index (χ1v) is 6.58. The van der Waals surface area contributed by atoms with Crippen molar-refractivity contribution in [2.45, 2.75) is 20.0 Å². The van der Waals surface area contributed by atoms with E-state index in [4.69, 9.17) is 15.7 Å². The Morgan fingerprint density at radius 1 is 1.15 bits per heavy atom. The fourth-order valence-electron chi connectivity index (χ4n) is 2.26. The molecule has 2 aromatic carbocycles. The SMILES string of the molecule is Cc1cc(C#N)cc(C)c1OC(CN)c1ccccc1. The lowest BCUT2D eigenvalue weighted by molar-refractivity contribution is 0.211. The molecule has 0 aromatic heterocycles. The third-order valence-corrected chi connectivity index (χ3v) is 3.23. The van der Waals surface area contributed by atoms with Crippen molar-refractivity contribution in [1.82, 2.24) is 0 Å². The van der Waals surface area contributed by atoms with Crippen LogP contribution in [0, 0.1) is 25.2 Å². The molecule has 3 nitrogen and oxygen atoms in total. The highest BCUT2D eigenvalue weighted by Crippen LogP contribution is 2.29.